The number of fused-ring (bicyclic) bond motifs is 8. The van der Waals surface area contributed by atoms with Gasteiger partial charge in [-0.05, 0) is 78.9 Å². The minimum absolute atomic E-state index is 0.139. The standard InChI is InChI=1S/C30H36ClN3O5/c1-17-8-21-20-5-4-19-9-23-18(12-33-34(23)24-13-32-7-6-22(24)31)10-27(19,2)26(20)25(35)11-28(21,3)30(17)29(38-16-39-30)14-36-15-37-29/h6-7,9,12-13,17,20-21,25-26,35H,4-5,8,10-11,14-16H2,1-3H3/t17-,20+,21+,25+,26-,27+,28+,29?,30-/m1/s1. The molecule has 9 heteroatoms. The van der Waals surface area contributed by atoms with E-state index in [-0.39, 0.29) is 36.3 Å². The molecule has 9 atom stereocenters. The number of aliphatic hydroxyl groups is 1. The number of nitrogens with zero attached hydrogens (tertiary/aromatic N) is 3. The predicted molar refractivity (Wildman–Crippen MR) is 143 cm³/mol. The lowest BCUT2D eigenvalue weighted by Crippen LogP contribution is -2.67. The first-order valence-electron chi connectivity index (χ1n) is 14.3. The summed E-state index contributed by atoms with van der Waals surface area (Å²) in [5.74, 6) is 0.285. The van der Waals surface area contributed by atoms with Gasteiger partial charge in [-0.3, -0.25) is 4.98 Å². The van der Waals surface area contributed by atoms with Crippen LogP contribution in [0.25, 0.3) is 11.8 Å². The Balaban J connectivity index is 1.18. The van der Waals surface area contributed by atoms with Crippen molar-refractivity contribution in [1.29, 1.82) is 0 Å². The first kappa shape index (κ1) is 24.9. The van der Waals surface area contributed by atoms with Crippen LogP contribution in [-0.4, -0.2) is 57.6 Å². The molecule has 2 aromatic heterocycles. The second-order valence-corrected chi connectivity index (χ2v) is 13.6. The molecular formula is C30H36ClN3O5. The first-order valence-corrected chi connectivity index (χ1v) is 14.7. The Labute approximate surface area is 233 Å². The summed E-state index contributed by atoms with van der Waals surface area (Å²) in [6, 6.07) is 1.80. The SMILES string of the molecule is C[C@@H]1C[C@H]2[C@@H]3CCC4=Cc5c(cnn5-c5cnccc5Cl)C[C@]4(C)[C@H]3[C@@H](O)C[C@]2(C)[C@]12OCOC21COCO1. The molecule has 3 saturated carbocycles. The smallest absolute Gasteiger partial charge is 0.227 e. The highest BCUT2D eigenvalue weighted by molar-refractivity contribution is 6.32. The first-order chi connectivity index (χ1) is 18.7. The van der Waals surface area contributed by atoms with Crippen LogP contribution in [0.2, 0.25) is 5.02 Å². The maximum atomic E-state index is 12.1. The maximum absolute atomic E-state index is 12.1. The van der Waals surface area contributed by atoms with Crippen LogP contribution < -0.4 is 0 Å². The van der Waals surface area contributed by atoms with Crippen molar-refractivity contribution in [1.82, 2.24) is 14.8 Å². The minimum atomic E-state index is -0.895. The molecule has 1 unspecified atom stereocenters. The van der Waals surface area contributed by atoms with Crippen LogP contribution in [0.4, 0.5) is 0 Å². The average Bonchev–Trinajstić information content (AvgIpc) is 3.67. The lowest BCUT2D eigenvalue weighted by molar-refractivity contribution is -0.266. The summed E-state index contributed by atoms with van der Waals surface area (Å²) in [6.07, 6.45) is 11.9. The van der Waals surface area contributed by atoms with Gasteiger partial charge in [0.25, 0.3) is 0 Å². The van der Waals surface area contributed by atoms with E-state index in [0.29, 0.717) is 29.9 Å². The van der Waals surface area contributed by atoms with Crippen LogP contribution in [0.3, 0.4) is 0 Å². The Bertz CT molecular complexity index is 1370. The van der Waals surface area contributed by atoms with Crippen LogP contribution >= 0.6 is 11.6 Å². The highest BCUT2D eigenvalue weighted by Crippen LogP contribution is 2.73. The number of allylic oxidation sites excluding steroid dienone is 1. The van der Waals surface area contributed by atoms with E-state index in [1.165, 1.54) is 11.1 Å². The predicted octanol–water partition coefficient (Wildman–Crippen LogP) is 4.76. The van der Waals surface area contributed by atoms with Gasteiger partial charge in [0.1, 0.15) is 17.9 Å². The van der Waals surface area contributed by atoms with Crippen LogP contribution in [0.1, 0.15) is 57.7 Å². The number of pyridine rings is 1. The van der Waals surface area contributed by atoms with E-state index in [4.69, 9.17) is 35.6 Å². The summed E-state index contributed by atoms with van der Waals surface area (Å²) in [7, 11) is 0. The monoisotopic (exact) mass is 553 g/mol. The number of aliphatic hydroxyl groups excluding tert-OH is 1. The normalized spacial score (nSPS) is 46.2. The molecule has 0 amide bonds. The Morgan fingerprint density at radius 3 is 2.79 bits per heavy atom. The topological polar surface area (TPSA) is 87.9 Å². The number of aromatic nitrogens is 3. The minimum Gasteiger partial charge on any atom is -0.393 e. The molecule has 6 aliphatic rings. The zero-order valence-electron chi connectivity index (χ0n) is 22.7. The molecule has 0 bridgehead atoms. The van der Waals surface area contributed by atoms with Crippen LogP contribution in [0.15, 0.2) is 30.2 Å². The van der Waals surface area contributed by atoms with Gasteiger partial charge in [0.2, 0.25) is 5.79 Å². The number of hydrogen-bond donors (Lipinski definition) is 1. The van der Waals surface area contributed by atoms with Gasteiger partial charge in [-0.1, -0.05) is 37.9 Å². The Morgan fingerprint density at radius 1 is 1.15 bits per heavy atom. The molecule has 2 saturated heterocycles. The molecular weight excluding hydrogens is 518 g/mol. The van der Waals surface area contributed by atoms with Crippen molar-refractivity contribution in [3.8, 4) is 5.69 Å². The van der Waals surface area contributed by atoms with Crippen molar-refractivity contribution in [2.75, 3.05) is 20.2 Å². The van der Waals surface area contributed by atoms with Crippen molar-refractivity contribution in [3.05, 3.63) is 46.5 Å². The van der Waals surface area contributed by atoms with Crippen LogP contribution in [-0.2, 0) is 25.4 Å². The van der Waals surface area contributed by atoms with Crippen molar-refractivity contribution in [2.45, 2.75) is 70.4 Å². The zero-order chi connectivity index (χ0) is 26.8. The van der Waals surface area contributed by atoms with E-state index in [1.807, 2.05) is 10.9 Å². The van der Waals surface area contributed by atoms with Crippen molar-refractivity contribution in [3.63, 3.8) is 0 Å². The number of hydrogen-bond acceptors (Lipinski definition) is 7. The van der Waals surface area contributed by atoms with Gasteiger partial charge in [0.15, 0.2) is 13.6 Å². The average molecular weight is 554 g/mol. The zero-order valence-corrected chi connectivity index (χ0v) is 23.5. The quantitative estimate of drug-likeness (QED) is 0.544. The van der Waals surface area contributed by atoms with E-state index >= 15 is 0 Å². The van der Waals surface area contributed by atoms with E-state index in [9.17, 15) is 5.11 Å². The number of rotatable bonds is 1. The second-order valence-electron chi connectivity index (χ2n) is 13.2. The van der Waals surface area contributed by atoms with Gasteiger partial charge in [0.05, 0.1) is 29.2 Å². The summed E-state index contributed by atoms with van der Waals surface area (Å²) in [4.78, 5) is 4.27. The molecule has 5 fully saturated rings. The molecule has 2 aromatic rings. The fourth-order valence-corrected chi connectivity index (χ4v) is 10.6. The van der Waals surface area contributed by atoms with Gasteiger partial charge in [-0.25, -0.2) is 4.68 Å². The molecule has 0 aromatic carbocycles. The highest BCUT2D eigenvalue weighted by atomic mass is 35.5. The van der Waals surface area contributed by atoms with E-state index in [0.717, 1.165) is 37.1 Å². The molecule has 39 heavy (non-hydrogen) atoms. The maximum Gasteiger partial charge on any atom is 0.227 e. The molecule has 2 spiro atoms. The van der Waals surface area contributed by atoms with Gasteiger partial charge in [-0.2, -0.15) is 5.10 Å². The number of halogens is 1. The molecule has 2 aliphatic heterocycles. The lowest BCUT2D eigenvalue weighted by Gasteiger charge is -2.61. The largest absolute Gasteiger partial charge is 0.393 e. The Morgan fingerprint density at radius 2 is 2.00 bits per heavy atom. The Hall–Kier alpha value is -1.81. The fraction of sp³-hybridized carbons (Fsp3) is 0.667. The highest BCUT2D eigenvalue weighted by Gasteiger charge is 2.79. The van der Waals surface area contributed by atoms with Crippen LogP contribution in [0, 0.1) is 34.5 Å². The van der Waals surface area contributed by atoms with Gasteiger partial charge >= 0.3 is 0 Å². The van der Waals surface area contributed by atoms with Crippen molar-refractivity contribution >= 4 is 17.7 Å². The third-order valence-electron chi connectivity index (χ3n) is 11.8. The van der Waals surface area contributed by atoms with Crippen molar-refractivity contribution < 1.29 is 24.1 Å². The third kappa shape index (κ3) is 2.93. The second kappa shape index (κ2) is 8.14. The van der Waals surface area contributed by atoms with E-state index in [1.54, 1.807) is 18.5 Å². The summed E-state index contributed by atoms with van der Waals surface area (Å²) >= 11 is 6.52. The summed E-state index contributed by atoms with van der Waals surface area (Å²) in [5.41, 5.74) is 3.42. The van der Waals surface area contributed by atoms with Gasteiger partial charge in [0, 0.05) is 11.6 Å². The summed E-state index contributed by atoms with van der Waals surface area (Å²) in [6.45, 7) is 7.79. The van der Waals surface area contributed by atoms with Gasteiger partial charge < -0.3 is 24.1 Å². The summed E-state index contributed by atoms with van der Waals surface area (Å²) < 4.78 is 26.7. The van der Waals surface area contributed by atoms with E-state index in [2.05, 4.69) is 31.8 Å². The molecule has 8 nitrogen and oxygen atoms in total. The van der Waals surface area contributed by atoms with E-state index < -0.39 is 17.5 Å². The third-order valence-corrected chi connectivity index (χ3v) is 12.1. The lowest BCUT2D eigenvalue weighted by atomic mass is 9.45. The summed E-state index contributed by atoms with van der Waals surface area (Å²) in [5, 5.41) is 17.5. The van der Waals surface area contributed by atoms with Gasteiger partial charge in [-0.15, -0.1) is 0 Å². The Kier molecular flexibility index (Phi) is 5.21. The fourth-order valence-electron chi connectivity index (χ4n) is 10.4. The molecule has 1 N–H and O–H groups in total. The molecule has 4 heterocycles. The molecule has 208 valence electrons. The number of ether oxygens (including phenoxy) is 4. The van der Waals surface area contributed by atoms with Crippen molar-refractivity contribution in [2.24, 2.45) is 34.5 Å². The molecule has 8 rings (SSSR count). The van der Waals surface area contributed by atoms with Crippen LogP contribution in [0.5, 0.6) is 0 Å². The molecule has 0 radical (unpaired) electrons. The molecule has 4 aliphatic carbocycles.